The lowest BCUT2D eigenvalue weighted by molar-refractivity contribution is 1.24. The van der Waals surface area contributed by atoms with Crippen molar-refractivity contribution in [1.29, 1.82) is 0 Å². The van der Waals surface area contributed by atoms with Crippen LogP contribution in [-0.4, -0.2) is 4.98 Å². The largest absolute Gasteiger partial charge is 0.313 e. The van der Waals surface area contributed by atoms with Gasteiger partial charge in [0.15, 0.2) is 0 Å². The normalized spacial score (nSPS) is 10.4. The SMILES string of the molecule is O=c1cc(-c2ccc(Cl)cc2Cl)cc(Cl)[nH]1. The molecule has 0 spiro atoms. The second-order valence-corrected chi connectivity index (χ2v) is 4.46. The summed E-state index contributed by atoms with van der Waals surface area (Å²) in [4.78, 5) is 13.7. The summed E-state index contributed by atoms with van der Waals surface area (Å²) in [7, 11) is 0. The number of hydrogen-bond acceptors (Lipinski definition) is 1. The molecule has 0 bridgehead atoms. The van der Waals surface area contributed by atoms with E-state index in [1.807, 2.05) is 0 Å². The fourth-order valence-electron chi connectivity index (χ4n) is 1.39. The summed E-state index contributed by atoms with van der Waals surface area (Å²) < 4.78 is 0. The molecule has 0 aliphatic rings. The van der Waals surface area contributed by atoms with Crippen LogP contribution in [0.5, 0.6) is 0 Å². The molecule has 0 radical (unpaired) electrons. The highest BCUT2D eigenvalue weighted by Gasteiger charge is 2.06. The van der Waals surface area contributed by atoms with Crippen LogP contribution in [-0.2, 0) is 0 Å². The number of aromatic amines is 1. The van der Waals surface area contributed by atoms with Gasteiger partial charge < -0.3 is 4.98 Å². The number of aromatic nitrogens is 1. The second kappa shape index (κ2) is 4.50. The van der Waals surface area contributed by atoms with Crippen molar-refractivity contribution in [2.75, 3.05) is 0 Å². The van der Waals surface area contributed by atoms with Crippen LogP contribution in [0.4, 0.5) is 0 Å². The first-order chi connectivity index (χ1) is 7.56. The molecule has 0 saturated heterocycles. The van der Waals surface area contributed by atoms with Crippen molar-refractivity contribution in [2.45, 2.75) is 0 Å². The van der Waals surface area contributed by atoms with Crippen LogP contribution in [0.3, 0.4) is 0 Å². The van der Waals surface area contributed by atoms with E-state index in [2.05, 4.69) is 4.98 Å². The van der Waals surface area contributed by atoms with E-state index in [0.29, 0.717) is 15.6 Å². The molecule has 16 heavy (non-hydrogen) atoms. The van der Waals surface area contributed by atoms with Gasteiger partial charge in [-0.15, -0.1) is 0 Å². The molecule has 1 N–H and O–H groups in total. The topological polar surface area (TPSA) is 32.9 Å². The van der Waals surface area contributed by atoms with Crippen molar-refractivity contribution in [3.05, 3.63) is 55.9 Å². The van der Waals surface area contributed by atoms with Gasteiger partial charge in [0.2, 0.25) is 5.56 Å². The molecular formula is C11H6Cl3NO. The van der Waals surface area contributed by atoms with Gasteiger partial charge in [0.05, 0.1) is 0 Å². The van der Waals surface area contributed by atoms with E-state index in [0.717, 1.165) is 5.56 Å². The molecule has 5 heteroatoms. The Kier molecular flexibility index (Phi) is 3.24. The fraction of sp³-hybridized carbons (Fsp3) is 0. The lowest BCUT2D eigenvalue weighted by Gasteiger charge is -2.04. The Morgan fingerprint density at radius 2 is 1.75 bits per heavy atom. The third-order valence-electron chi connectivity index (χ3n) is 2.05. The third-order valence-corrected chi connectivity index (χ3v) is 2.80. The Balaban J connectivity index is 2.63. The number of nitrogens with one attached hydrogen (secondary N) is 1. The van der Waals surface area contributed by atoms with Gasteiger partial charge in [-0.2, -0.15) is 0 Å². The van der Waals surface area contributed by atoms with E-state index in [1.165, 1.54) is 6.07 Å². The molecule has 0 amide bonds. The monoisotopic (exact) mass is 273 g/mol. The van der Waals surface area contributed by atoms with Crippen LogP contribution in [0.2, 0.25) is 15.2 Å². The summed E-state index contributed by atoms with van der Waals surface area (Å²) in [6, 6.07) is 8.14. The average Bonchev–Trinajstić information content (AvgIpc) is 2.15. The molecule has 1 aromatic carbocycles. The first-order valence-electron chi connectivity index (χ1n) is 4.41. The van der Waals surface area contributed by atoms with Crippen molar-refractivity contribution in [3.63, 3.8) is 0 Å². The Morgan fingerprint density at radius 3 is 2.38 bits per heavy atom. The van der Waals surface area contributed by atoms with E-state index in [1.54, 1.807) is 24.3 Å². The summed E-state index contributed by atoms with van der Waals surface area (Å²) in [6.45, 7) is 0. The van der Waals surface area contributed by atoms with Crippen LogP contribution in [0.25, 0.3) is 11.1 Å². The van der Waals surface area contributed by atoms with Gasteiger partial charge in [0.1, 0.15) is 5.15 Å². The molecule has 1 heterocycles. The van der Waals surface area contributed by atoms with E-state index in [-0.39, 0.29) is 10.7 Å². The van der Waals surface area contributed by atoms with Gasteiger partial charge in [-0.25, -0.2) is 0 Å². The van der Waals surface area contributed by atoms with Crippen molar-refractivity contribution < 1.29 is 0 Å². The number of benzene rings is 1. The molecule has 82 valence electrons. The molecule has 0 unspecified atom stereocenters. The Bertz CT molecular complexity index is 592. The Labute approximate surface area is 107 Å². The summed E-state index contributed by atoms with van der Waals surface area (Å²) in [5.41, 5.74) is 1.11. The minimum atomic E-state index is -0.270. The third kappa shape index (κ3) is 2.40. The molecule has 0 saturated carbocycles. The number of hydrogen-bond donors (Lipinski definition) is 1. The van der Waals surface area contributed by atoms with Crippen LogP contribution in [0.15, 0.2) is 35.1 Å². The predicted octanol–water partition coefficient (Wildman–Crippen LogP) is 4.00. The molecule has 0 fully saturated rings. The van der Waals surface area contributed by atoms with Gasteiger partial charge in [-0.05, 0) is 23.8 Å². The quantitative estimate of drug-likeness (QED) is 0.783. The Hall–Kier alpha value is -0.960. The lowest BCUT2D eigenvalue weighted by atomic mass is 10.1. The summed E-state index contributed by atoms with van der Waals surface area (Å²) in [5.74, 6) is 0. The maximum atomic E-state index is 11.3. The molecule has 0 atom stereocenters. The van der Waals surface area contributed by atoms with Gasteiger partial charge in [-0.3, -0.25) is 4.79 Å². The van der Waals surface area contributed by atoms with Crippen molar-refractivity contribution in [3.8, 4) is 11.1 Å². The van der Waals surface area contributed by atoms with Crippen LogP contribution >= 0.6 is 34.8 Å². The van der Waals surface area contributed by atoms with Crippen LogP contribution in [0.1, 0.15) is 0 Å². The van der Waals surface area contributed by atoms with Crippen molar-refractivity contribution >= 4 is 34.8 Å². The molecule has 1 aromatic heterocycles. The zero-order chi connectivity index (χ0) is 11.7. The van der Waals surface area contributed by atoms with Crippen molar-refractivity contribution in [1.82, 2.24) is 4.98 Å². The van der Waals surface area contributed by atoms with E-state index < -0.39 is 0 Å². The minimum absolute atomic E-state index is 0.270. The molecule has 2 rings (SSSR count). The lowest BCUT2D eigenvalue weighted by Crippen LogP contribution is -2.03. The summed E-state index contributed by atoms with van der Waals surface area (Å²) in [5, 5.41) is 1.30. The number of pyridine rings is 1. The van der Waals surface area contributed by atoms with E-state index in [9.17, 15) is 4.79 Å². The number of rotatable bonds is 1. The maximum Gasteiger partial charge on any atom is 0.249 e. The van der Waals surface area contributed by atoms with Gasteiger partial charge in [0.25, 0.3) is 0 Å². The highest BCUT2D eigenvalue weighted by atomic mass is 35.5. The first kappa shape index (κ1) is 11.5. The standard InChI is InChI=1S/C11H6Cl3NO/c12-7-1-2-8(9(13)5-7)6-3-10(14)15-11(16)4-6/h1-5H,(H,15,16). The number of halogens is 3. The van der Waals surface area contributed by atoms with Gasteiger partial charge >= 0.3 is 0 Å². The molecule has 0 aliphatic heterocycles. The molecule has 0 aliphatic carbocycles. The first-order valence-corrected chi connectivity index (χ1v) is 5.55. The van der Waals surface area contributed by atoms with Crippen LogP contribution in [0, 0.1) is 0 Å². The zero-order valence-electron chi connectivity index (χ0n) is 7.93. The fourth-order valence-corrected chi connectivity index (χ4v) is 2.12. The molecule has 2 nitrogen and oxygen atoms in total. The zero-order valence-corrected chi connectivity index (χ0v) is 10.2. The van der Waals surface area contributed by atoms with Gasteiger partial charge in [-0.1, -0.05) is 40.9 Å². The van der Waals surface area contributed by atoms with Gasteiger partial charge in [0, 0.05) is 21.7 Å². The summed E-state index contributed by atoms with van der Waals surface area (Å²) >= 11 is 17.6. The molecule has 2 aromatic rings. The van der Waals surface area contributed by atoms with E-state index in [4.69, 9.17) is 34.8 Å². The van der Waals surface area contributed by atoms with Crippen LogP contribution < -0.4 is 5.56 Å². The highest BCUT2D eigenvalue weighted by molar-refractivity contribution is 6.36. The molecular weight excluding hydrogens is 268 g/mol. The highest BCUT2D eigenvalue weighted by Crippen LogP contribution is 2.30. The maximum absolute atomic E-state index is 11.3. The van der Waals surface area contributed by atoms with Crippen molar-refractivity contribution in [2.24, 2.45) is 0 Å². The predicted molar refractivity (Wildman–Crippen MR) is 67.5 cm³/mol. The smallest absolute Gasteiger partial charge is 0.249 e. The minimum Gasteiger partial charge on any atom is -0.313 e. The second-order valence-electron chi connectivity index (χ2n) is 3.21. The Morgan fingerprint density at radius 1 is 1.00 bits per heavy atom. The van der Waals surface area contributed by atoms with E-state index >= 15 is 0 Å². The summed E-state index contributed by atoms with van der Waals surface area (Å²) in [6.07, 6.45) is 0. The average molecular weight is 275 g/mol. The number of H-pyrrole nitrogens is 1.